The predicted octanol–water partition coefficient (Wildman–Crippen LogP) is 4.17. The zero-order valence-corrected chi connectivity index (χ0v) is 14.7. The van der Waals surface area contributed by atoms with Gasteiger partial charge in [-0.05, 0) is 55.7 Å². The molecule has 0 spiro atoms. The van der Waals surface area contributed by atoms with Crippen LogP contribution in [0.5, 0.6) is 5.75 Å². The van der Waals surface area contributed by atoms with E-state index in [2.05, 4.69) is 11.4 Å². The number of nitrogens with one attached hydrogen (secondary N) is 1. The number of aromatic nitrogens is 2. The van der Waals surface area contributed by atoms with Crippen molar-refractivity contribution in [2.24, 2.45) is 0 Å². The molecule has 5 nitrogen and oxygen atoms in total. The third-order valence-corrected chi connectivity index (χ3v) is 4.75. The van der Waals surface area contributed by atoms with E-state index in [1.54, 1.807) is 7.11 Å². The summed E-state index contributed by atoms with van der Waals surface area (Å²) in [6.07, 6.45) is 3.21. The first-order valence-corrected chi connectivity index (χ1v) is 8.81. The van der Waals surface area contributed by atoms with Gasteiger partial charge in [0.2, 0.25) is 0 Å². The van der Waals surface area contributed by atoms with Crippen LogP contribution in [0.25, 0.3) is 16.9 Å². The van der Waals surface area contributed by atoms with Crippen molar-refractivity contribution in [3.8, 4) is 28.8 Å². The molecule has 0 fully saturated rings. The normalized spacial score (nSPS) is 13.2. The number of ether oxygens (including phenoxy) is 1. The second-order valence-corrected chi connectivity index (χ2v) is 6.33. The van der Waals surface area contributed by atoms with Gasteiger partial charge in [0.25, 0.3) is 0 Å². The molecule has 5 heteroatoms. The molecule has 1 N–H and O–H groups in total. The van der Waals surface area contributed by atoms with Gasteiger partial charge in [0, 0.05) is 17.7 Å². The van der Waals surface area contributed by atoms with Crippen molar-refractivity contribution in [2.45, 2.75) is 19.3 Å². The molecular weight excluding hydrogens is 324 g/mol. The first kappa shape index (κ1) is 16.2. The zero-order valence-electron chi connectivity index (χ0n) is 14.7. The Labute approximate surface area is 152 Å². The zero-order chi connectivity index (χ0) is 17.9. The maximum absolute atomic E-state index is 9.50. The average molecular weight is 344 g/mol. The Balaban J connectivity index is 1.90. The second kappa shape index (κ2) is 6.93. The van der Waals surface area contributed by atoms with E-state index in [1.165, 1.54) is 5.56 Å². The van der Waals surface area contributed by atoms with E-state index >= 15 is 0 Å². The highest BCUT2D eigenvalue weighted by atomic mass is 16.5. The highest BCUT2D eigenvalue weighted by Crippen LogP contribution is 2.35. The molecule has 130 valence electrons. The summed E-state index contributed by atoms with van der Waals surface area (Å²) in [5, 5.41) is 17.9. The summed E-state index contributed by atoms with van der Waals surface area (Å²) in [4.78, 5) is 0. The molecule has 4 rings (SSSR count). The maximum atomic E-state index is 9.50. The van der Waals surface area contributed by atoms with Crippen LogP contribution >= 0.6 is 0 Å². The van der Waals surface area contributed by atoms with Gasteiger partial charge in [-0.15, -0.1) is 0 Å². The highest BCUT2D eigenvalue weighted by Gasteiger charge is 2.22. The van der Waals surface area contributed by atoms with E-state index in [4.69, 9.17) is 9.84 Å². The number of para-hydroxylation sites is 1. The minimum atomic E-state index is 0.616. The molecule has 0 unspecified atom stereocenters. The Bertz CT molecular complexity index is 967. The molecule has 1 aliphatic rings. The summed E-state index contributed by atoms with van der Waals surface area (Å²) in [7, 11) is 1.67. The Hall–Kier alpha value is -3.26. The largest absolute Gasteiger partial charge is 0.497 e. The van der Waals surface area contributed by atoms with Gasteiger partial charge in [0.15, 0.2) is 0 Å². The summed E-state index contributed by atoms with van der Waals surface area (Å²) in [5.41, 5.74) is 4.65. The van der Waals surface area contributed by atoms with Crippen molar-refractivity contribution >= 4 is 5.82 Å². The number of anilines is 1. The van der Waals surface area contributed by atoms with Gasteiger partial charge in [-0.2, -0.15) is 10.4 Å². The maximum Gasteiger partial charge on any atom is 0.133 e. The van der Waals surface area contributed by atoms with E-state index in [0.717, 1.165) is 54.3 Å². The van der Waals surface area contributed by atoms with E-state index in [1.807, 2.05) is 53.2 Å². The summed E-state index contributed by atoms with van der Waals surface area (Å²) in [6.45, 7) is 0.912. The van der Waals surface area contributed by atoms with Crippen molar-refractivity contribution in [3.05, 3.63) is 59.7 Å². The molecule has 3 aromatic rings. The van der Waals surface area contributed by atoms with Crippen LogP contribution in [0, 0.1) is 11.3 Å². The van der Waals surface area contributed by atoms with Crippen LogP contribution in [0.15, 0.2) is 48.5 Å². The Morgan fingerprint density at radius 2 is 1.92 bits per heavy atom. The quantitative estimate of drug-likeness (QED) is 0.775. The van der Waals surface area contributed by atoms with Crippen LogP contribution < -0.4 is 10.1 Å². The fourth-order valence-corrected chi connectivity index (χ4v) is 3.41. The minimum absolute atomic E-state index is 0.616. The number of rotatable bonds is 3. The lowest BCUT2D eigenvalue weighted by atomic mass is 10.0. The number of hydrogen-bond donors (Lipinski definition) is 1. The van der Waals surface area contributed by atoms with Crippen molar-refractivity contribution in [1.29, 1.82) is 5.26 Å². The molecule has 0 bridgehead atoms. The summed E-state index contributed by atoms with van der Waals surface area (Å²) < 4.78 is 7.16. The van der Waals surface area contributed by atoms with Gasteiger partial charge in [0.1, 0.15) is 17.6 Å². The average Bonchev–Trinajstić information content (AvgIpc) is 2.88. The van der Waals surface area contributed by atoms with Crippen molar-refractivity contribution in [1.82, 2.24) is 9.78 Å². The number of benzene rings is 2. The Morgan fingerprint density at radius 1 is 1.12 bits per heavy atom. The van der Waals surface area contributed by atoms with E-state index in [0.29, 0.717) is 5.56 Å². The third kappa shape index (κ3) is 2.80. The van der Waals surface area contributed by atoms with Crippen molar-refractivity contribution < 1.29 is 4.74 Å². The number of methoxy groups -OCH3 is 1. The second-order valence-electron chi connectivity index (χ2n) is 6.33. The smallest absolute Gasteiger partial charge is 0.133 e. The van der Waals surface area contributed by atoms with Gasteiger partial charge in [-0.3, -0.25) is 0 Å². The van der Waals surface area contributed by atoms with Crippen molar-refractivity contribution in [3.63, 3.8) is 0 Å². The first-order valence-electron chi connectivity index (χ1n) is 8.81. The number of nitriles is 1. The molecular formula is C21H20N4O. The van der Waals surface area contributed by atoms with Crippen LogP contribution in [0.1, 0.15) is 24.0 Å². The first-order chi connectivity index (χ1) is 12.8. The van der Waals surface area contributed by atoms with E-state index in [9.17, 15) is 5.26 Å². The van der Waals surface area contributed by atoms with Gasteiger partial charge >= 0.3 is 0 Å². The lowest BCUT2D eigenvalue weighted by molar-refractivity contribution is 0.415. The molecule has 2 aromatic carbocycles. The van der Waals surface area contributed by atoms with Crippen LogP contribution in [-0.2, 0) is 6.42 Å². The Kier molecular flexibility index (Phi) is 4.32. The highest BCUT2D eigenvalue weighted by molar-refractivity contribution is 5.72. The fourth-order valence-electron chi connectivity index (χ4n) is 3.41. The molecule has 0 saturated carbocycles. The molecule has 0 atom stereocenters. The lowest BCUT2D eigenvalue weighted by Gasteiger charge is -2.10. The van der Waals surface area contributed by atoms with E-state index < -0.39 is 0 Å². The molecule has 0 radical (unpaired) electrons. The fraction of sp³-hybridized carbons (Fsp3) is 0.238. The summed E-state index contributed by atoms with van der Waals surface area (Å²) in [5.74, 6) is 1.82. The van der Waals surface area contributed by atoms with Crippen LogP contribution in [0.4, 0.5) is 5.82 Å². The lowest BCUT2D eigenvalue weighted by Crippen LogP contribution is -2.08. The SMILES string of the molecule is COc1ccc(-c2nn(-c3ccccc3C#N)c3c2CCCCN3)cc1. The number of fused-ring (bicyclic) bond motifs is 1. The molecule has 26 heavy (non-hydrogen) atoms. The summed E-state index contributed by atoms with van der Waals surface area (Å²) >= 11 is 0. The van der Waals surface area contributed by atoms with Crippen molar-refractivity contribution in [2.75, 3.05) is 19.0 Å². The van der Waals surface area contributed by atoms with Gasteiger partial charge in [-0.25, -0.2) is 4.68 Å². The topological polar surface area (TPSA) is 62.9 Å². The van der Waals surface area contributed by atoms with Crippen LogP contribution in [-0.4, -0.2) is 23.4 Å². The number of nitrogens with zero attached hydrogens (tertiary/aromatic N) is 3. The summed E-state index contributed by atoms with van der Waals surface area (Å²) in [6, 6.07) is 17.8. The Morgan fingerprint density at radius 3 is 2.69 bits per heavy atom. The monoisotopic (exact) mass is 344 g/mol. The van der Waals surface area contributed by atoms with Crippen LogP contribution in [0.2, 0.25) is 0 Å². The van der Waals surface area contributed by atoms with Gasteiger partial charge < -0.3 is 10.1 Å². The standard InChI is InChI=1S/C21H20N4O/c1-26-17-11-9-15(10-12-17)20-18-7-4-5-13-23-21(18)25(24-20)19-8-3-2-6-16(19)14-22/h2-3,6,8-12,23H,4-5,7,13H2,1H3. The van der Waals surface area contributed by atoms with E-state index in [-0.39, 0.29) is 0 Å². The molecule has 2 heterocycles. The molecule has 0 amide bonds. The molecule has 1 aliphatic heterocycles. The van der Waals surface area contributed by atoms with Gasteiger partial charge in [0.05, 0.1) is 24.1 Å². The van der Waals surface area contributed by atoms with Crippen LogP contribution in [0.3, 0.4) is 0 Å². The number of hydrogen-bond acceptors (Lipinski definition) is 4. The molecule has 0 aliphatic carbocycles. The minimum Gasteiger partial charge on any atom is -0.497 e. The van der Waals surface area contributed by atoms with Gasteiger partial charge in [-0.1, -0.05) is 12.1 Å². The predicted molar refractivity (Wildman–Crippen MR) is 102 cm³/mol. The molecule has 1 aromatic heterocycles. The third-order valence-electron chi connectivity index (χ3n) is 4.75. The molecule has 0 saturated heterocycles.